The van der Waals surface area contributed by atoms with E-state index in [1.165, 1.54) is 10.4 Å². The molecule has 0 radical (unpaired) electrons. The summed E-state index contributed by atoms with van der Waals surface area (Å²) >= 11 is 0. The zero-order chi connectivity index (χ0) is 22.0. The molecule has 3 heterocycles. The molecular weight excluding hydrogens is 416 g/mol. The van der Waals surface area contributed by atoms with Crippen molar-refractivity contribution in [3.05, 3.63) is 59.9 Å². The fourth-order valence-corrected chi connectivity index (χ4v) is 5.45. The molecule has 1 unspecified atom stereocenters. The molecule has 1 saturated heterocycles. The zero-order valence-corrected chi connectivity index (χ0v) is 18.4. The van der Waals surface area contributed by atoms with Crippen LogP contribution in [0.2, 0.25) is 0 Å². The van der Waals surface area contributed by atoms with Gasteiger partial charge in [0.05, 0.1) is 17.9 Å². The van der Waals surface area contributed by atoms with Crippen LogP contribution in [0.5, 0.6) is 0 Å². The second kappa shape index (κ2) is 8.68. The SMILES string of the molecule is CCC(NC(=O)c1cc(S(=O)(=O)N2CCCC2)c(C)o1)c1ncc(-c2ccccc2)[nH]1. The van der Waals surface area contributed by atoms with Gasteiger partial charge in [0.1, 0.15) is 16.5 Å². The highest BCUT2D eigenvalue weighted by Crippen LogP contribution is 2.27. The van der Waals surface area contributed by atoms with Gasteiger partial charge in [-0.2, -0.15) is 4.31 Å². The highest BCUT2D eigenvalue weighted by Gasteiger charge is 2.32. The zero-order valence-electron chi connectivity index (χ0n) is 17.6. The van der Waals surface area contributed by atoms with Gasteiger partial charge in [-0.05, 0) is 31.7 Å². The number of carbonyl (C=O) groups excluding carboxylic acids is 1. The highest BCUT2D eigenvalue weighted by molar-refractivity contribution is 7.89. The van der Waals surface area contributed by atoms with Gasteiger partial charge in [0.2, 0.25) is 10.0 Å². The van der Waals surface area contributed by atoms with E-state index in [1.807, 2.05) is 37.3 Å². The predicted molar refractivity (Wildman–Crippen MR) is 116 cm³/mol. The second-order valence-corrected chi connectivity index (χ2v) is 9.53. The first-order valence-electron chi connectivity index (χ1n) is 10.4. The van der Waals surface area contributed by atoms with Gasteiger partial charge >= 0.3 is 0 Å². The van der Waals surface area contributed by atoms with Crippen LogP contribution in [0.25, 0.3) is 11.3 Å². The quantitative estimate of drug-likeness (QED) is 0.581. The maximum Gasteiger partial charge on any atom is 0.287 e. The van der Waals surface area contributed by atoms with Gasteiger partial charge in [-0.3, -0.25) is 4.79 Å². The van der Waals surface area contributed by atoms with Gasteiger partial charge in [0.25, 0.3) is 5.91 Å². The average Bonchev–Trinajstić information content (AvgIpc) is 3.53. The molecule has 0 aliphatic carbocycles. The number of aryl methyl sites for hydroxylation is 1. The van der Waals surface area contributed by atoms with E-state index in [4.69, 9.17) is 4.42 Å². The summed E-state index contributed by atoms with van der Waals surface area (Å²) in [5, 5.41) is 2.89. The van der Waals surface area contributed by atoms with Gasteiger partial charge in [0.15, 0.2) is 5.76 Å². The van der Waals surface area contributed by atoms with Gasteiger partial charge in [-0.25, -0.2) is 13.4 Å². The Bertz CT molecular complexity index is 1160. The Labute approximate surface area is 181 Å². The minimum Gasteiger partial charge on any atom is -0.455 e. The molecule has 2 aromatic heterocycles. The largest absolute Gasteiger partial charge is 0.455 e. The Hall–Kier alpha value is -2.91. The number of benzene rings is 1. The van der Waals surface area contributed by atoms with Gasteiger partial charge in [-0.1, -0.05) is 37.3 Å². The molecule has 2 N–H and O–H groups in total. The number of furan rings is 1. The summed E-state index contributed by atoms with van der Waals surface area (Å²) in [4.78, 5) is 20.6. The van der Waals surface area contributed by atoms with Crippen molar-refractivity contribution in [2.45, 2.75) is 44.0 Å². The van der Waals surface area contributed by atoms with Crippen LogP contribution < -0.4 is 5.32 Å². The van der Waals surface area contributed by atoms with Crippen molar-refractivity contribution in [2.24, 2.45) is 0 Å². The lowest BCUT2D eigenvalue weighted by Gasteiger charge is -2.14. The number of nitrogens with zero attached hydrogens (tertiary/aromatic N) is 2. The lowest BCUT2D eigenvalue weighted by molar-refractivity contribution is 0.0904. The summed E-state index contributed by atoms with van der Waals surface area (Å²) in [7, 11) is -3.65. The first-order valence-corrected chi connectivity index (χ1v) is 11.9. The summed E-state index contributed by atoms with van der Waals surface area (Å²) in [5.74, 6) is 0.344. The molecule has 1 amide bonds. The number of H-pyrrole nitrogens is 1. The molecule has 0 spiro atoms. The first kappa shape index (κ1) is 21.3. The van der Waals surface area contributed by atoms with Crippen LogP contribution in [-0.4, -0.2) is 41.7 Å². The van der Waals surface area contributed by atoms with E-state index in [0.29, 0.717) is 25.3 Å². The first-order chi connectivity index (χ1) is 14.9. The van der Waals surface area contributed by atoms with Crippen molar-refractivity contribution >= 4 is 15.9 Å². The number of hydrogen-bond acceptors (Lipinski definition) is 5. The predicted octanol–water partition coefficient (Wildman–Crippen LogP) is 3.64. The summed E-state index contributed by atoms with van der Waals surface area (Å²) in [6.45, 7) is 4.49. The van der Waals surface area contributed by atoms with Gasteiger partial charge in [0, 0.05) is 19.2 Å². The summed E-state index contributed by atoms with van der Waals surface area (Å²) in [6.07, 6.45) is 4.02. The van der Waals surface area contributed by atoms with Crippen molar-refractivity contribution < 1.29 is 17.6 Å². The standard InChI is InChI=1S/C22H26N4O4S/c1-3-17(21-23-14-18(24-21)16-9-5-4-6-10-16)25-22(27)19-13-20(15(2)30-19)31(28,29)26-11-7-8-12-26/h4-6,9-10,13-14,17H,3,7-8,11-12H2,1-2H3,(H,23,24)(H,25,27). The van der Waals surface area contributed by atoms with Gasteiger partial charge in [-0.15, -0.1) is 0 Å². The van der Waals surface area contributed by atoms with Crippen molar-refractivity contribution in [2.75, 3.05) is 13.1 Å². The number of carbonyl (C=O) groups is 1. The molecule has 1 atom stereocenters. The average molecular weight is 443 g/mol. The molecule has 0 bridgehead atoms. The van der Waals surface area contributed by atoms with Crippen molar-refractivity contribution in [3.8, 4) is 11.3 Å². The topological polar surface area (TPSA) is 108 Å². The number of aromatic nitrogens is 2. The second-order valence-electron chi connectivity index (χ2n) is 7.62. The van der Waals surface area contributed by atoms with Crippen LogP contribution in [0.3, 0.4) is 0 Å². The molecule has 31 heavy (non-hydrogen) atoms. The minimum atomic E-state index is -3.65. The third-order valence-corrected chi connectivity index (χ3v) is 7.51. The van der Waals surface area contributed by atoms with E-state index in [9.17, 15) is 13.2 Å². The fourth-order valence-electron chi connectivity index (χ4n) is 3.77. The van der Waals surface area contributed by atoms with E-state index in [2.05, 4.69) is 15.3 Å². The minimum absolute atomic E-state index is 0.0245. The summed E-state index contributed by atoms with van der Waals surface area (Å²) < 4.78 is 32.7. The summed E-state index contributed by atoms with van der Waals surface area (Å²) in [5.41, 5.74) is 1.86. The molecule has 4 rings (SSSR count). The Balaban J connectivity index is 1.52. The molecule has 0 saturated carbocycles. The van der Waals surface area contributed by atoms with Crippen LogP contribution in [0.4, 0.5) is 0 Å². The number of imidazole rings is 1. The Morgan fingerprint density at radius 3 is 2.65 bits per heavy atom. The Morgan fingerprint density at radius 2 is 1.97 bits per heavy atom. The third-order valence-electron chi connectivity index (χ3n) is 5.50. The lowest BCUT2D eigenvalue weighted by Crippen LogP contribution is -2.29. The lowest BCUT2D eigenvalue weighted by atomic mass is 10.2. The van der Waals surface area contributed by atoms with Crippen LogP contribution in [-0.2, 0) is 10.0 Å². The van der Waals surface area contributed by atoms with E-state index < -0.39 is 15.9 Å². The number of rotatable bonds is 7. The molecule has 9 heteroatoms. The Morgan fingerprint density at radius 1 is 1.26 bits per heavy atom. The van der Waals surface area contributed by atoms with Gasteiger partial charge < -0.3 is 14.7 Å². The van der Waals surface area contributed by atoms with E-state index in [-0.39, 0.29) is 22.5 Å². The molecule has 3 aromatic rings. The maximum absolute atomic E-state index is 12.8. The number of hydrogen-bond donors (Lipinski definition) is 2. The molecule has 1 fully saturated rings. The van der Waals surface area contributed by atoms with Crippen LogP contribution in [0.15, 0.2) is 51.9 Å². The molecular formula is C22H26N4O4S. The maximum atomic E-state index is 12.8. The monoisotopic (exact) mass is 442 g/mol. The molecule has 1 aromatic carbocycles. The number of sulfonamides is 1. The summed E-state index contributed by atoms with van der Waals surface area (Å²) in [6, 6.07) is 10.7. The van der Waals surface area contributed by atoms with Crippen LogP contribution >= 0.6 is 0 Å². The molecule has 8 nitrogen and oxygen atoms in total. The van der Waals surface area contributed by atoms with Crippen molar-refractivity contribution in [3.63, 3.8) is 0 Å². The highest BCUT2D eigenvalue weighted by atomic mass is 32.2. The molecule has 1 aliphatic rings. The van der Waals surface area contributed by atoms with E-state index >= 15 is 0 Å². The normalized spacial score (nSPS) is 15.8. The van der Waals surface area contributed by atoms with Crippen molar-refractivity contribution in [1.29, 1.82) is 0 Å². The Kier molecular flexibility index (Phi) is 5.97. The van der Waals surface area contributed by atoms with Crippen LogP contribution in [0, 0.1) is 6.92 Å². The smallest absolute Gasteiger partial charge is 0.287 e. The van der Waals surface area contributed by atoms with Crippen molar-refractivity contribution in [1.82, 2.24) is 19.6 Å². The third kappa shape index (κ3) is 4.28. The van der Waals surface area contributed by atoms with E-state index in [1.54, 1.807) is 13.1 Å². The number of nitrogens with one attached hydrogen (secondary N) is 2. The molecule has 1 aliphatic heterocycles. The van der Waals surface area contributed by atoms with Crippen LogP contribution in [0.1, 0.15) is 54.4 Å². The number of aromatic amines is 1. The molecule has 164 valence electrons. The fraction of sp³-hybridized carbons (Fsp3) is 0.364. The number of amides is 1. The van der Waals surface area contributed by atoms with E-state index in [0.717, 1.165) is 24.1 Å².